The molecular formula is C18H20FN3O2. The minimum atomic E-state index is -0.468. The van der Waals surface area contributed by atoms with Crippen LogP contribution in [0.3, 0.4) is 0 Å². The normalized spacial score (nSPS) is 15.5. The fraction of sp³-hybridized carbons (Fsp3) is 0.333. The third kappa shape index (κ3) is 4.22. The van der Waals surface area contributed by atoms with Crippen molar-refractivity contribution in [2.45, 2.75) is 25.7 Å². The van der Waals surface area contributed by atoms with Gasteiger partial charge in [-0.05, 0) is 37.1 Å². The summed E-state index contributed by atoms with van der Waals surface area (Å²) in [6, 6.07) is 9.19. The molecule has 1 aromatic carbocycles. The van der Waals surface area contributed by atoms with E-state index in [1.165, 1.54) is 50.1 Å². The number of hydrogen-bond donors (Lipinski definition) is 1. The Labute approximate surface area is 140 Å². The highest BCUT2D eigenvalue weighted by molar-refractivity contribution is 5.94. The SMILES string of the molecule is O=C(N/N=C/c1ccc(N2CCCCCC2)o1)c1cccc(F)c1. The molecule has 0 bridgehead atoms. The van der Waals surface area contributed by atoms with Crippen molar-refractivity contribution in [1.29, 1.82) is 0 Å². The fourth-order valence-corrected chi connectivity index (χ4v) is 2.72. The number of anilines is 1. The minimum Gasteiger partial charge on any atom is -0.440 e. The molecule has 1 aliphatic rings. The molecule has 1 saturated heterocycles. The highest BCUT2D eigenvalue weighted by Crippen LogP contribution is 2.21. The van der Waals surface area contributed by atoms with Crippen LogP contribution in [0.15, 0.2) is 45.9 Å². The Balaban J connectivity index is 1.58. The van der Waals surface area contributed by atoms with Gasteiger partial charge < -0.3 is 9.32 Å². The first-order valence-electron chi connectivity index (χ1n) is 8.16. The quantitative estimate of drug-likeness (QED) is 0.689. The van der Waals surface area contributed by atoms with Crippen LogP contribution in [0.4, 0.5) is 10.3 Å². The number of hydrogen-bond acceptors (Lipinski definition) is 4. The molecule has 0 aliphatic carbocycles. The van der Waals surface area contributed by atoms with E-state index in [-0.39, 0.29) is 5.56 Å². The zero-order valence-electron chi connectivity index (χ0n) is 13.4. The van der Waals surface area contributed by atoms with Crippen molar-refractivity contribution in [3.8, 4) is 0 Å². The van der Waals surface area contributed by atoms with Gasteiger partial charge in [-0.15, -0.1) is 0 Å². The van der Waals surface area contributed by atoms with Crippen molar-refractivity contribution in [3.05, 3.63) is 53.5 Å². The molecule has 1 aliphatic heterocycles. The van der Waals surface area contributed by atoms with Crippen LogP contribution in [0.25, 0.3) is 0 Å². The van der Waals surface area contributed by atoms with Gasteiger partial charge in [0.1, 0.15) is 11.6 Å². The first kappa shape index (κ1) is 16.2. The van der Waals surface area contributed by atoms with Gasteiger partial charge in [0, 0.05) is 24.7 Å². The van der Waals surface area contributed by atoms with Gasteiger partial charge in [0.15, 0.2) is 5.88 Å². The van der Waals surface area contributed by atoms with E-state index in [1.54, 1.807) is 0 Å². The molecule has 0 saturated carbocycles. The van der Waals surface area contributed by atoms with E-state index in [0.717, 1.165) is 25.0 Å². The number of halogens is 1. The van der Waals surface area contributed by atoms with Gasteiger partial charge in [-0.3, -0.25) is 4.79 Å². The van der Waals surface area contributed by atoms with Gasteiger partial charge in [0.25, 0.3) is 5.91 Å². The number of amides is 1. The maximum atomic E-state index is 13.1. The number of furan rings is 1. The predicted molar refractivity (Wildman–Crippen MR) is 90.8 cm³/mol. The highest BCUT2D eigenvalue weighted by Gasteiger charge is 2.13. The summed E-state index contributed by atoms with van der Waals surface area (Å²) in [6.45, 7) is 2.00. The molecule has 2 heterocycles. The van der Waals surface area contributed by atoms with Crippen molar-refractivity contribution in [3.63, 3.8) is 0 Å². The lowest BCUT2D eigenvalue weighted by Gasteiger charge is -2.18. The standard InChI is InChI=1S/C18H20FN3O2/c19-15-7-5-6-14(12-15)18(23)21-20-13-16-8-9-17(24-16)22-10-3-1-2-4-11-22/h5-9,12-13H,1-4,10-11H2,(H,21,23)/b20-13+. The van der Waals surface area contributed by atoms with Gasteiger partial charge in [0.2, 0.25) is 0 Å². The molecule has 0 atom stereocenters. The third-order valence-corrected chi connectivity index (χ3v) is 3.98. The summed E-state index contributed by atoms with van der Waals surface area (Å²) in [7, 11) is 0. The van der Waals surface area contributed by atoms with Crippen LogP contribution in [0.1, 0.15) is 41.8 Å². The molecule has 0 radical (unpaired) electrons. The molecule has 2 aromatic rings. The van der Waals surface area contributed by atoms with Gasteiger partial charge in [-0.2, -0.15) is 5.10 Å². The average molecular weight is 329 g/mol. The molecule has 1 fully saturated rings. The van der Waals surface area contributed by atoms with Crippen molar-refractivity contribution in [2.75, 3.05) is 18.0 Å². The fourth-order valence-electron chi connectivity index (χ4n) is 2.72. The van der Waals surface area contributed by atoms with E-state index in [9.17, 15) is 9.18 Å². The molecule has 5 nitrogen and oxygen atoms in total. The molecular weight excluding hydrogens is 309 g/mol. The van der Waals surface area contributed by atoms with Crippen LogP contribution in [0, 0.1) is 5.82 Å². The van der Waals surface area contributed by atoms with Crippen LogP contribution in [-0.4, -0.2) is 25.2 Å². The molecule has 0 unspecified atom stereocenters. The summed E-state index contributed by atoms with van der Waals surface area (Å²) in [5.41, 5.74) is 2.58. The summed E-state index contributed by atoms with van der Waals surface area (Å²) >= 11 is 0. The summed E-state index contributed by atoms with van der Waals surface area (Å²) in [6.07, 6.45) is 6.31. The molecule has 126 valence electrons. The van der Waals surface area contributed by atoms with E-state index in [4.69, 9.17) is 4.42 Å². The maximum Gasteiger partial charge on any atom is 0.271 e. The Morgan fingerprint density at radius 1 is 1.17 bits per heavy atom. The number of nitrogens with one attached hydrogen (secondary N) is 1. The van der Waals surface area contributed by atoms with Crippen molar-refractivity contribution in [2.24, 2.45) is 5.10 Å². The van der Waals surface area contributed by atoms with Crippen molar-refractivity contribution >= 4 is 18.0 Å². The Bertz CT molecular complexity index is 719. The number of benzene rings is 1. The second kappa shape index (κ2) is 7.77. The number of carbonyl (C=O) groups is 1. The summed E-state index contributed by atoms with van der Waals surface area (Å²) in [4.78, 5) is 14.1. The van der Waals surface area contributed by atoms with E-state index >= 15 is 0 Å². The van der Waals surface area contributed by atoms with Crippen LogP contribution in [0.2, 0.25) is 0 Å². The van der Waals surface area contributed by atoms with E-state index < -0.39 is 11.7 Å². The second-order valence-corrected chi connectivity index (χ2v) is 5.79. The summed E-state index contributed by atoms with van der Waals surface area (Å²) in [5.74, 6) is 0.466. The predicted octanol–water partition coefficient (Wildman–Crippen LogP) is 3.56. The molecule has 1 amide bonds. The lowest BCUT2D eigenvalue weighted by atomic mass is 10.2. The van der Waals surface area contributed by atoms with E-state index in [1.807, 2.05) is 12.1 Å². The molecule has 0 spiro atoms. The van der Waals surface area contributed by atoms with Crippen molar-refractivity contribution in [1.82, 2.24) is 5.43 Å². The van der Waals surface area contributed by atoms with E-state index in [2.05, 4.69) is 15.4 Å². The zero-order chi connectivity index (χ0) is 16.8. The largest absolute Gasteiger partial charge is 0.440 e. The van der Waals surface area contributed by atoms with Gasteiger partial charge in [-0.1, -0.05) is 18.9 Å². The first-order valence-corrected chi connectivity index (χ1v) is 8.16. The lowest BCUT2D eigenvalue weighted by molar-refractivity contribution is 0.0954. The molecule has 6 heteroatoms. The summed E-state index contributed by atoms with van der Waals surface area (Å²) < 4.78 is 18.8. The number of hydrazone groups is 1. The molecule has 24 heavy (non-hydrogen) atoms. The van der Waals surface area contributed by atoms with Crippen LogP contribution in [-0.2, 0) is 0 Å². The number of nitrogens with zero attached hydrogens (tertiary/aromatic N) is 2. The highest BCUT2D eigenvalue weighted by atomic mass is 19.1. The monoisotopic (exact) mass is 329 g/mol. The topological polar surface area (TPSA) is 57.8 Å². The summed E-state index contributed by atoms with van der Waals surface area (Å²) in [5, 5.41) is 3.87. The molecule has 1 N–H and O–H groups in total. The minimum absolute atomic E-state index is 0.219. The van der Waals surface area contributed by atoms with Crippen molar-refractivity contribution < 1.29 is 13.6 Å². The molecule has 3 rings (SSSR count). The van der Waals surface area contributed by atoms with Gasteiger partial charge >= 0.3 is 0 Å². The Morgan fingerprint density at radius 2 is 1.96 bits per heavy atom. The average Bonchev–Trinajstić information content (AvgIpc) is 2.88. The third-order valence-electron chi connectivity index (χ3n) is 3.98. The maximum absolute atomic E-state index is 13.1. The Morgan fingerprint density at radius 3 is 2.71 bits per heavy atom. The van der Waals surface area contributed by atoms with E-state index in [0.29, 0.717) is 5.76 Å². The van der Waals surface area contributed by atoms with Gasteiger partial charge in [0.05, 0.1) is 6.21 Å². The zero-order valence-corrected chi connectivity index (χ0v) is 13.4. The molecule has 1 aromatic heterocycles. The number of carbonyl (C=O) groups excluding carboxylic acids is 1. The Kier molecular flexibility index (Phi) is 5.25. The van der Waals surface area contributed by atoms with Crippen LogP contribution in [0.5, 0.6) is 0 Å². The number of rotatable bonds is 4. The van der Waals surface area contributed by atoms with Gasteiger partial charge in [-0.25, -0.2) is 9.82 Å². The lowest BCUT2D eigenvalue weighted by Crippen LogP contribution is -2.23. The first-order chi connectivity index (χ1) is 11.7. The smallest absolute Gasteiger partial charge is 0.271 e. The Hall–Kier alpha value is -2.63. The van der Waals surface area contributed by atoms with Crippen LogP contribution >= 0.6 is 0 Å². The van der Waals surface area contributed by atoms with Crippen LogP contribution < -0.4 is 10.3 Å². The second-order valence-electron chi connectivity index (χ2n) is 5.79.